The summed E-state index contributed by atoms with van der Waals surface area (Å²) in [5.74, 6) is 0. The van der Waals surface area contributed by atoms with E-state index in [9.17, 15) is 21.6 Å². The van der Waals surface area contributed by atoms with Crippen molar-refractivity contribution in [3.8, 4) is 0 Å². The van der Waals surface area contributed by atoms with Crippen molar-refractivity contribution in [1.82, 2.24) is 0 Å². The zero-order valence-corrected chi connectivity index (χ0v) is 10.5. The van der Waals surface area contributed by atoms with Crippen molar-refractivity contribution >= 4 is 26.9 Å². The number of hydrogen-bond acceptors (Lipinski definition) is 4. The molecule has 0 aliphatic rings. The first-order chi connectivity index (χ1) is 8.13. The molecule has 0 spiro atoms. The first-order valence-electron chi connectivity index (χ1n) is 4.44. The van der Waals surface area contributed by atoms with E-state index in [1.807, 2.05) is 0 Å². The van der Waals surface area contributed by atoms with Crippen LogP contribution >= 0.6 is 11.6 Å². The Balaban J connectivity index is 2.89. The Bertz CT molecular complexity index is 551. The van der Waals surface area contributed by atoms with Gasteiger partial charge in [-0.3, -0.25) is 4.28 Å². The third-order valence-corrected chi connectivity index (χ3v) is 2.91. The molecule has 1 aromatic rings. The van der Waals surface area contributed by atoms with Crippen molar-refractivity contribution in [2.45, 2.75) is 12.4 Å². The number of benzene rings is 1. The van der Waals surface area contributed by atoms with E-state index >= 15 is 0 Å². The van der Waals surface area contributed by atoms with Gasteiger partial charge in [-0.2, -0.15) is 21.6 Å². The second kappa shape index (κ2) is 5.15. The van der Waals surface area contributed by atoms with Crippen molar-refractivity contribution in [3.63, 3.8) is 0 Å². The maximum Gasteiger partial charge on any atom is 0.536 e. The Kier molecular flexibility index (Phi) is 4.23. The lowest BCUT2D eigenvalue weighted by Crippen LogP contribution is -2.24. The number of alkyl halides is 3. The molecule has 0 fully saturated rings. The normalized spacial score (nSPS) is 13.5. The van der Waals surface area contributed by atoms with Crippen molar-refractivity contribution in [2.24, 2.45) is 5.16 Å². The number of rotatable bonds is 3. The second-order valence-corrected chi connectivity index (χ2v) is 5.10. The molecule has 0 aliphatic heterocycles. The van der Waals surface area contributed by atoms with E-state index in [0.29, 0.717) is 0 Å². The van der Waals surface area contributed by atoms with Gasteiger partial charge in [-0.1, -0.05) is 46.6 Å². The number of halogens is 4. The standard InChI is InChI=1S/C9H7ClF3NO3S/c1-6-2-4-7(5-3-6)8(10)14-17-18(15,16)9(11,12)13/h2-5H,1H3/b14-8-. The molecule has 0 radical (unpaired) electrons. The summed E-state index contributed by atoms with van der Waals surface area (Å²) < 4.78 is 60.2. The Morgan fingerprint density at radius 1 is 1.28 bits per heavy atom. The molecule has 0 aromatic heterocycles. The maximum absolute atomic E-state index is 11.9. The molecule has 0 saturated heterocycles. The van der Waals surface area contributed by atoms with E-state index in [4.69, 9.17) is 11.6 Å². The van der Waals surface area contributed by atoms with Crippen LogP contribution in [0.5, 0.6) is 0 Å². The summed E-state index contributed by atoms with van der Waals surface area (Å²) >= 11 is 5.51. The minimum atomic E-state index is -5.78. The van der Waals surface area contributed by atoms with E-state index in [1.165, 1.54) is 12.1 Å². The van der Waals surface area contributed by atoms with E-state index in [1.54, 1.807) is 19.1 Å². The molecular formula is C9H7ClF3NO3S. The Morgan fingerprint density at radius 3 is 2.22 bits per heavy atom. The predicted octanol–water partition coefficient (Wildman–Crippen LogP) is 2.76. The van der Waals surface area contributed by atoms with Crippen LogP contribution in [0.1, 0.15) is 11.1 Å². The molecule has 0 atom stereocenters. The van der Waals surface area contributed by atoms with E-state index in [2.05, 4.69) is 9.44 Å². The van der Waals surface area contributed by atoms with Crippen LogP contribution in [-0.4, -0.2) is 19.1 Å². The lowest BCUT2D eigenvalue weighted by atomic mass is 10.2. The molecule has 0 N–H and O–H groups in total. The van der Waals surface area contributed by atoms with Crippen LogP contribution in [-0.2, 0) is 14.4 Å². The van der Waals surface area contributed by atoms with Crippen molar-refractivity contribution < 1.29 is 25.9 Å². The first kappa shape index (κ1) is 14.8. The van der Waals surface area contributed by atoms with Gasteiger partial charge < -0.3 is 0 Å². The molecule has 18 heavy (non-hydrogen) atoms. The molecule has 1 aromatic carbocycles. The fourth-order valence-corrected chi connectivity index (χ4v) is 1.33. The quantitative estimate of drug-likeness (QED) is 0.490. The van der Waals surface area contributed by atoms with E-state index in [-0.39, 0.29) is 5.56 Å². The molecule has 0 saturated carbocycles. The fourth-order valence-electron chi connectivity index (χ4n) is 0.868. The highest BCUT2D eigenvalue weighted by Crippen LogP contribution is 2.25. The van der Waals surface area contributed by atoms with Crippen LogP contribution < -0.4 is 0 Å². The molecule has 0 heterocycles. The van der Waals surface area contributed by atoms with Crippen LogP contribution in [0.3, 0.4) is 0 Å². The number of oxime groups is 1. The summed E-state index contributed by atoms with van der Waals surface area (Å²) in [6, 6.07) is 6.19. The van der Waals surface area contributed by atoms with Crippen molar-refractivity contribution in [2.75, 3.05) is 0 Å². The topological polar surface area (TPSA) is 55.7 Å². The lowest BCUT2D eigenvalue weighted by Gasteiger charge is -2.05. The first-order valence-corrected chi connectivity index (χ1v) is 6.22. The fraction of sp³-hybridized carbons (Fsp3) is 0.222. The molecular weight excluding hydrogens is 295 g/mol. The van der Waals surface area contributed by atoms with Gasteiger partial charge in [0.2, 0.25) is 0 Å². The van der Waals surface area contributed by atoms with Crippen LogP contribution in [0.4, 0.5) is 13.2 Å². The summed E-state index contributed by atoms with van der Waals surface area (Å²) in [6.07, 6.45) is 0. The minimum absolute atomic E-state index is 0.236. The van der Waals surface area contributed by atoms with E-state index in [0.717, 1.165) is 5.56 Å². The molecule has 0 unspecified atom stereocenters. The van der Waals surface area contributed by atoms with Gasteiger partial charge in [0, 0.05) is 5.56 Å². The molecule has 100 valence electrons. The lowest BCUT2D eigenvalue weighted by molar-refractivity contribution is -0.0540. The average Bonchev–Trinajstić information content (AvgIpc) is 2.25. The smallest absolute Gasteiger partial charge is 0.260 e. The second-order valence-electron chi connectivity index (χ2n) is 3.22. The number of aryl methyl sites for hydroxylation is 1. The highest BCUT2D eigenvalue weighted by molar-refractivity contribution is 7.87. The molecule has 0 aliphatic carbocycles. The Labute approximate surface area is 106 Å². The number of nitrogens with zero attached hydrogens (tertiary/aromatic N) is 1. The minimum Gasteiger partial charge on any atom is -0.260 e. The molecule has 9 heteroatoms. The third kappa shape index (κ3) is 3.61. The zero-order valence-electron chi connectivity index (χ0n) is 8.90. The molecule has 0 bridgehead atoms. The SMILES string of the molecule is Cc1ccc(/C(Cl)=N/OS(=O)(=O)C(F)(F)F)cc1. The van der Waals surface area contributed by atoms with Gasteiger partial charge in [-0.15, -0.1) is 0 Å². The molecule has 0 amide bonds. The van der Waals surface area contributed by atoms with Gasteiger partial charge in [0.1, 0.15) is 0 Å². The largest absolute Gasteiger partial charge is 0.536 e. The monoisotopic (exact) mass is 301 g/mol. The van der Waals surface area contributed by atoms with Gasteiger partial charge in [0.05, 0.1) is 0 Å². The number of hydrogen-bond donors (Lipinski definition) is 0. The van der Waals surface area contributed by atoms with Crippen LogP contribution in [0, 0.1) is 6.92 Å². The van der Waals surface area contributed by atoms with Gasteiger partial charge in [-0.05, 0) is 6.92 Å². The zero-order chi connectivity index (χ0) is 14.0. The van der Waals surface area contributed by atoms with Crippen LogP contribution in [0.15, 0.2) is 29.4 Å². The van der Waals surface area contributed by atoms with Crippen LogP contribution in [0.25, 0.3) is 0 Å². The summed E-state index contributed by atoms with van der Waals surface area (Å²) in [7, 11) is -5.78. The summed E-state index contributed by atoms with van der Waals surface area (Å²) in [5.41, 5.74) is -4.41. The summed E-state index contributed by atoms with van der Waals surface area (Å²) in [4.78, 5) is 0. The third-order valence-electron chi connectivity index (χ3n) is 1.79. The highest BCUT2D eigenvalue weighted by atomic mass is 35.5. The Hall–Kier alpha value is -1.28. The van der Waals surface area contributed by atoms with Crippen molar-refractivity contribution in [3.05, 3.63) is 35.4 Å². The van der Waals surface area contributed by atoms with Gasteiger partial charge in [0.15, 0.2) is 5.17 Å². The predicted molar refractivity (Wildman–Crippen MR) is 59.6 cm³/mol. The summed E-state index contributed by atoms with van der Waals surface area (Å²) in [5, 5.41) is 2.24. The molecule has 4 nitrogen and oxygen atoms in total. The van der Waals surface area contributed by atoms with Crippen molar-refractivity contribution in [1.29, 1.82) is 0 Å². The van der Waals surface area contributed by atoms with Gasteiger partial charge in [0.25, 0.3) is 0 Å². The Morgan fingerprint density at radius 2 is 1.78 bits per heavy atom. The van der Waals surface area contributed by atoms with E-state index < -0.39 is 20.8 Å². The highest BCUT2D eigenvalue weighted by Gasteiger charge is 2.49. The average molecular weight is 302 g/mol. The van der Waals surface area contributed by atoms with Gasteiger partial charge >= 0.3 is 15.6 Å². The summed E-state index contributed by atoms with van der Waals surface area (Å²) in [6.45, 7) is 1.79. The van der Waals surface area contributed by atoms with Crippen LogP contribution in [0.2, 0.25) is 0 Å². The van der Waals surface area contributed by atoms with Gasteiger partial charge in [-0.25, -0.2) is 0 Å². The molecule has 1 rings (SSSR count). The maximum atomic E-state index is 11.9.